The second kappa shape index (κ2) is 7.15. The lowest BCUT2D eigenvalue weighted by atomic mass is 9.97. The topological polar surface area (TPSA) is 66.4 Å². The van der Waals surface area contributed by atoms with Gasteiger partial charge >= 0.3 is 0 Å². The Hall–Kier alpha value is -3.08. The zero-order chi connectivity index (χ0) is 19.8. The number of carbonyl (C=O) groups is 2. The molecule has 0 saturated carbocycles. The number of rotatable bonds is 3. The minimum Gasteiger partial charge on any atom is -0.505 e. The van der Waals surface area contributed by atoms with Gasteiger partial charge in [0.15, 0.2) is 11.5 Å². The Bertz CT molecular complexity index is 1130. The number of benzene rings is 3. The van der Waals surface area contributed by atoms with Gasteiger partial charge in [-0.3, -0.25) is 9.59 Å². The minimum atomic E-state index is -0.292. The molecule has 4 rings (SSSR count). The summed E-state index contributed by atoms with van der Waals surface area (Å²) >= 11 is 11.9. The molecular weight excluding hydrogens is 397 g/mol. The molecule has 1 amide bonds. The molecule has 1 aliphatic rings. The summed E-state index contributed by atoms with van der Waals surface area (Å²) < 4.78 is 0. The third kappa shape index (κ3) is 3.28. The molecule has 0 aliphatic carbocycles. The molecular formula is C22H13Cl2NO3. The summed E-state index contributed by atoms with van der Waals surface area (Å²) in [5.41, 5.74) is 3.24. The van der Waals surface area contributed by atoms with E-state index in [2.05, 4.69) is 5.32 Å². The van der Waals surface area contributed by atoms with Gasteiger partial charge in [-0.1, -0.05) is 53.5 Å². The molecule has 3 aromatic rings. The fraction of sp³-hybridized carbons (Fsp3) is 0. The van der Waals surface area contributed by atoms with Crippen molar-refractivity contribution in [2.24, 2.45) is 0 Å². The zero-order valence-corrected chi connectivity index (χ0v) is 15.9. The predicted octanol–water partition coefficient (Wildman–Crippen LogP) is 5.42. The highest BCUT2D eigenvalue weighted by Crippen LogP contribution is 2.37. The van der Waals surface area contributed by atoms with Gasteiger partial charge in [0.1, 0.15) is 0 Å². The molecule has 28 heavy (non-hydrogen) atoms. The van der Waals surface area contributed by atoms with Gasteiger partial charge in [-0.2, -0.15) is 0 Å². The highest BCUT2D eigenvalue weighted by Gasteiger charge is 2.25. The molecule has 0 spiro atoms. The lowest BCUT2D eigenvalue weighted by Crippen LogP contribution is -2.03. The molecule has 0 saturated heterocycles. The van der Waals surface area contributed by atoms with Crippen LogP contribution in [0.5, 0.6) is 5.75 Å². The van der Waals surface area contributed by atoms with E-state index in [0.29, 0.717) is 33.5 Å². The molecule has 0 atom stereocenters. The van der Waals surface area contributed by atoms with Gasteiger partial charge in [0, 0.05) is 28.0 Å². The number of carbonyl (C=O) groups excluding carboxylic acids is 2. The van der Waals surface area contributed by atoms with E-state index in [1.807, 2.05) is 6.07 Å². The van der Waals surface area contributed by atoms with Gasteiger partial charge in [0.2, 0.25) is 0 Å². The number of hydrogen-bond donors (Lipinski definition) is 2. The predicted molar refractivity (Wildman–Crippen MR) is 111 cm³/mol. The highest BCUT2D eigenvalue weighted by atomic mass is 35.5. The summed E-state index contributed by atoms with van der Waals surface area (Å²) in [6.45, 7) is 0. The molecule has 2 N–H and O–H groups in total. The molecule has 3 aromatic carbocycles. The number of halogens is 2. The van der Waals surface area contributed by atoms with Crippen LogP contribution in [0.25, 0.3) is 11.6 Å². The maximum absolute atomic E-state index is 12.7. The number of nitrogens with one attached hydrogen (secondary N) is 1. The van der Waals surface area contributed by atoms with Gasteiger partial charge in [-0.25, -0.2) is 0 Å². The number of ketones is 1. The first kappa shape index (κ1) is 18.3. The Balaban J connectivity index is 1.77. The quantitative estimate of drug-likeness (QED) is 0.448. The Kier molecular flexibility index (Phi) is 4.67. The van der Waals surface area contributed by atoms with E-state index < -0.39 is 0 Å². The van der Waals surface area contributed by atoms with Crippen LogP contribution in [0.15, 0.2) is 60.7 Å². The van der Waals surface area contributed by atoms with Crippen molar-refractivity contribution in [3.8, 4) is 5.75 Å². The maximum Gasteiger partial charge on any atom is 0.256 e. The molecule has 0 radical (unpaired) electrons. The molecule has 4 nitrogen and oxygen atoms in total. The standard InChI is InChI=1S/C22H13Cl2NO3/c23-17-9-12(10-18(24)21(17)27)8-16-15-11-14(6-7-19(15)25-22(16)28)20(26)13-4-2-1-3-5-13/h1-11,27H,(H,25,28)/b16-8-. The van der Waals surface area contributed by atoms with Crippen molar-refractivity contribution in [1.82, 2.24) is 0 Å². The average Bonchev–Trinajstić information content (AvgIpc) is 3.00. The lowest BCUT2D eigenvalue weighted by molar-refractivity contribution is -0.110. The Morgan fingerprint density at radius 1 is 0.929 bits per heavy atom. The third-order valence-electron chi connectivity index (χ3n) is 4.45. The van der Waals surface area contributed by atoms with Gasteiger partial charge < -0.3 is 10.4 Å². The average molecular weight is 410 g/mol. The van der Waals surface area contributed by atoms with Crippen molar-refractivity contribution in [1.29, 1.82) is 0 Å². The molecule has 6 heteroatoms. The number of phenolic OH excluding ortho intramolecular Hbond substituents is 1. The molecule has 1 heterocycles. The third-order valence-corrected chi connectivity index (χ3v) is 5.03. The Morgan fingerprint density at radius 3 is 2.29 bits per heavy atom. The number of hydrogen-bond acceptors (Lipinski definition) is 3. The van der Waals surface area contributed by atoms with Crippen molar-refractivity contribution in [2.45, 2.75) is 0 Å². The molecule has 0 fully saturated rings. The first-order valence-electron chi connectivity index (χ1n) is 8.39. The Morgan fingerprint density at radius 2 is 1.61 bits per heavy atom. The van der Waals surface area contributed by atoms with Crippen molar-refractivity contribution < 1.29 is 14.7 Å². The number of fused-ring (bicyclic) bond motifs is 1. The molecule has 0 aromatic heterocycles. The highest BCUT2D eigenvalue weighted by molar-refractivity contribution is 6.38. The van der Waals surface area contributed by atoms with E-state index in [1.54, 1.807) is 48.5 Å². The van der Waals surface area contributed by atoms with Crippen LogP contribution in [0.2, 0.25) is 10.0 Å². The monoisotopic (exact) mass is 409 g/mol. The Labute approximate surface area is 171 Å². The molecule has 1 aliphatic heterocycles. The van der Waals surface area contributed by atoms with Crippen LogP contribution in [0.1, 0.15) is 27.0 Å². The van der Waals surface area contributed by atoms with E-state index in [0.717, 1.165) is 0 Å². The SMILES string of the molecule is O=C1Nc2ccc(C(=O)c3ccccc3)cc2/C1=C/c1cc(Cl)c(O)c(Cl)c1. The second-order valence-electron chi connectivity index (χ2n) is 6.30. The first-order chi connectivity index (χ1) is 13.4. The van der Waals surface area contributed by atoms with Crippen LogP contribution in [0, 0.1) is 0 Å². The van der Waals surface area contributed by atoms with Crippen LogP contribution in [0.4, 0.5) is 5.69 Å². The largest absolute Gasteiger partial charge is 0.505 e. The fourth-order valence-electron chi connectivity index (χ4n) is 3.06. The summed E-state index contributed by atoms with van der Waals surface area (Å²) in [7, 11) is 0. The number of aromatic hydroxyl groups is 1. The normalized spacial score (nSPS) is 14.1. The van der Waals surface area contributed by atoms with Crippen LogP contribution in [-0.4, -0.2) is 16.8 Å². The van der Waals surface area contributed by atoms with Gasteiger partial charge in [-0.05, 0) is 42.0 Å². The molecule has 138 valence electrons. The maximum atomic E-state index is 12.7. The van der Waals surface area contributed by atoms with Crippen LogP contribution < -0.4 is 5.32 Å². The van der Waals surface area contributed by atoms with Gasteiger partial charge in [-0.15, -0.1) is 0 Å². The van der Waals surface area contributed by atoms with Crippen LogP contribution >= 0.6 is 23.2 Å². The van der Waals surface area contributed by atoms with Crippen molar-refractivity contribution >= 4 is 52.2 Å². The number of phenols is 1. The summed E-state index contributed by atoms with van der Waals surface area (Å²) in [6.07, 6.45) is 1.62. The number of anilines is 1. The lowest BCUT2D eigenvalue weighted by Gasteiger charge is -2.05. The summed E-state index contributed by atoms with van der Waals surface area (Å²) in [6, 6.07) is 17.1. The van der Waals surface area contributed by atoms with E-state index in [4.69, 9.17) is 23.2 Å². The zero-order valence-electron chi connectivity index (χ0n) is 14.4. The minimum absolute atomic E-state index is 0.0889. The summed E-state index contributed by atoms with van der Waals surface area (Å²) in [5, 5.41) is 12.7. The summed E-state index contributed by atoms with van der Waals surface area (Å²) in [5.74, 6) is -0.630. The van der Waals surface area contributed by atoms with E-state index in [-0.39, 0.29) is 27.5 Å². The molecule has 0 bridgehead atoms. The molecule has 0 unspecified atom stereocenters. The van der Waals surface area contributed by atoms with Crippen molar-refractivity contribution in [3.63, 3.8) is 0 Å². The van der Waals surface area contributed by atoms with Crippen LogP contribution in [0.3, 0.4) is 0 Å². The smallest absolute Gasteiger partial charge is 0.256 e. The van der Waals surface area contributed by atoms with E-state index in [9.17, 15) is 14.7 Å². The number of amides is 1. The fourth-order valence-corrected chi connectivity index (χ4v) is 3.57. The van der Waals surface area contributed by atoms with Gasteiger partial charge in [0.25, 0.3) is 5.91 Å². The van der Waals surface area contributed by atoms with E-state index in [1.165, 1.54) is 12.1 Å². The van der Waals surface area contributed by atoms with Crippen molar-refractivity contribution in [2.75, 3.05) is 5.32 Å². The summed E-state index contributed by atoms with van der Waals surface area (Å²) in [4.78, 5) is 25.2. The van der Waals surface area contributed by atoms with Crippen molar-refractivity contribution in [3.05, 3.63) is 93.0 Å². The first-order valence-corrected chi connectivity index (χ1v) is 9.15. The van der Waals surface area contributed by atoms with Gasteiger partial charge in [0.05, 0.1) is 10.0 Å². The second-order valence-corrected chi connectivity index (χ2v) is 7.12. The van der Waals surface area contributed by atoms with Crippen LogP contribution in [-0.2, 0) is 4.79 Å². The van der Waals surface area contributed by atoms with E-state index >= 15 is 0 Å².